The first-order valence-electron chi connectivity index (χ1n) is 11.5. The van der Waals surface area contributed by atoms with E-state index in [9.17, 15) is 9.59 Å². The van der Waals surface area contributed by atoms with E-state index in [2.05, 4.69) is 15.8 Å². The molecule has 2 N–H and O–H groups in total. The third-order valence-corrected chi connectivity index (χ3v) is 5.46. The van der Waals surface area contributed by atoms with Crippen molar-refractivity contribution in [3.05, 3.63) is 114 Å². The standard InChI is InChI=1S/C29H27N3O3/c33-28(30-19-22-9-3-1-4-10-22)17-18-29(34)32-31-20-26-25-14-8-7-13-24(25)15-16-27(26)35-21-23-11-5-2-6-12-23/h1-16,20H,17-19,21H2,(H,30,33)(H,32,34)/b31-20+. The van der Waals surface area contributed by atoms with E-state index in [1.807, 2.05) is 97.1 Å². The average Bonchev–Trinajstić information content (AvgIpc) is 2.91. The van der Waals surface area contributed by atoms with Crippen molar-refractivity contribution in [2.75, 3.05) is 0 Å². The Balaban J connectivity index is 1.35. The van der Waals surface area contributed by atoms with Gasteiger partial charge in [0, 0.05) is 24.9 Å². The van der Waals surface area contributed by atoms with Gasteiger partial charge >= 0.3 is 0 Å². The predicted octanol–water partition coefficient (Wildman–Crippen LogP) is 4.97. The van der Waals surface area contributed by atoms with Gasteiger partial charge in [-0.25, -0.2) is 5.43 Å². The van der Waals surface area contributed by atoms with Crippen molar-refractivity contribution in [2.24, 2.45) is 5.10 Å². The van der Waals surface area contributed by atoms with Gasteiger partial charge in [-0.2, -0.15) is 5.10 Å². The van der Waals surface area contributed by atoms with Gasteiger partial charge in [0.05, 0.1) is 6.21 Å². The van der Waals surface area contributed by atoms with Crippen LogP contribution in [0.4, 0.5) is 0 Å². The predicted molar refractivity (Wildman–Crippen MR) is 138 cm³/mol. The largest absolute Gasteiger partial charge is 0.488 e. The Labute approximate surface area is 204 Å². The number of nitrogens with one attached hydrogen (secondary N) is 2. The van der Waals surface area contributed by atoms with E-state index in [-0.39, 0.29) is 24.7 Å². The Hall–Kier alpha value is -4.45. The smallest absolute Gasteiger partial charge is 0.240 e. The van der Waals surface area contributed by atoms with E-state index in [0.29, 0.717) is 18.9 Å². The van der Waals surface area contributed by atoms with Gasteiger partial charge in [-0.1, -0.05) is 91.0 Å². The molecule has 4 aromatic carbocycles. The Morgan fingerprint density at radius 3 is 2.17 bits per heavy atom. The molecule has 0 aliphatic carbocycles. The van der Waals surface area contributed by atoms with Gasteiger partial charge in [-0.05, 0) is 28.0 Å². The molecule has 0 saturated carbocycles. The zero-order valence-electron chi connectivity index (χ0n) is 19.3. The Kier molecular flexibility index (Phi) is 8.22. The van der Waals surface area contributed by atoms with Crippen LogP contribution < -0.4 is 15.5 Å². The van der Waals surface area contributed by atoms with E-state index in [1.165, 1.54) is 0 Å². The summed E-state index contributed by atoms with van der Waals surface area (Å²) in [6.45, 7) is 0.858. The summed E-state index contributed by atoms with van der Waals surface area (Å²) in [6.07, 6.45) is 1.73. The van der Waals surface area contributed by atoms with Crippen LogP contribution in [0.15, 0.2) is 102 Å². The van der Waals surface area contributed by atoms with Gasteiger partial charge in [-0.15, -0.1) is 0 Å². The number of hydrogen-bond donors (Lipinski definition) is 2. The molecule has 6 nitrogen and oxygen atoms in total. The second-order valence-electron chi connectivity index (χ2n) is 8.03. The zero-order chi connectivity index (χ0) is 24.3. The highest BCUT2D eigenvalue weighted by molar-refractivity contribution is 6.02. The third-order valence-electron chi connectivity index (χ3n) is 5.46. The first-order valence-corrected chi connectivity index (χ1v) is 11.5. The summed E-state index contributed by atoms with van der Waals surface area (Å²) in [6, 6.07) is 31.4. The van der Waals surface area contributed by atoms with Gasteiger partial charge in [0.1, 0.15) is 12.4 Å². The molecule has 0 aliphatic rings. The highest BCUT2D eigenvalue weighted by atomic mass is 16.5. The maximum absolute atomic E-state index is 12.2. The number of rotatable bonds is 10. The van der Waals surface area contributed by atoms with Crippen molar-refractivity contribution in [1.82, 2.24) is 10.7 Å². The molecule has 0 radical (unpaired) electrons. The number of carbonyl (C=O) groups is 2. The number of nitrogens with zero attached hydrogens (tertiary/aromatic N) is 1. The highest BCUT2D eigenvalue weighted by Crippen LogP contribution is 2.27. The molecule has 176 valence electrons. The minimum absolute atomic E-state index is 0.0465. The summed E-state index contributed by atoms with van der Waals surface area (Å²) in [5.41, 5.74) is 5.37. The first kappa shape index (κ1) is 23.7. The Morgan fingerprint density at radius 1 is 0.743 bits per heavy atom. The van der Waals surface area contributed by atoms with E-state index < -0.39 is 0 Å². The summed E-state index contributed by atoms with van der Waals surface area (Å²) in [5, 5.41) is 8.97. The normalized spacial score (nSPS) is 10.9. The number of amides is 2. The molecule has 35 heavy (non-hydrogen) atoms. The maximum atomic E-state index is 12.2. The van der Waals surface area contributed by atoms with Crippen LogP contribution in [-0.4, -0.2) is 18.0 Å². The molecule has 0 spiro atoms. The fourth-order valence-electron chi connectivity index (χ4n) is 3.61. The first-order chi connectivity index (χ1) is 17.2. The van der Waals surface area contributed by atoms with Crippen LogP contribution >= 0.6 is 0 Å². The molecule has 0 heterocycles. The van der Waals surface area contributed by atoms with Crippen LogP contribution in [-0.2, 0) is 22.7 Å². The number of hydrogen-bond acceptors (Lipinski definition) is 4. The van der Waals surface area contributed by atoms with E-state index in [0.717, 1.165) is 27.5 Å². The molecule has 2 amide bonds. The third kappa shape index (κ3) is 7.01. The number of ether oxygens (including phenoxy) is 1. The van der Waals surface area contributed by atoms with E-state index in [1.54, 1.807) is 6.21 Å². The van der Waals surface area contributed by atoms with Crippen LogP contribution in [0.25, 0.3) is 10.8 Å². The fraction of sp³-hybridized carbons (Fsp3) is 0.138. The molecule has 0 aromatic heterocycles. The molecule has 6 heteroatoms. The molecule has 0 atom stereocenters. The molecule has 4 aromatic rings. The van der Waals surface area contributed by atoms with Crippen LogP contribution in [0.2, 0.25) is 0 Å². The summed E-state index contributed by atoms with van der Waals surface area (Å²) in [5.74, 6) is 0.160. The van der Waals surface area contributed by atoms with Crippen molar-refractivity contribution in [1.29, 1.82) is 0 Å². The van der Waals surface area contributed by atoms with E-state index in [4.69, 9.17) is 4.74 Å². The summed E-state index contributed by atoms with van der Waals surface area (Å²) in [7, 11) is 0. The lowest BCUT2D eigenvalue weighted by atomic mass is 10.0. The maximum Gasteiger partial charge on any atom is 0.240 e. The van der Waals surface area contributed by atoms with Crippen LogP contribution in [0.1, 0.15) is 29.5 Å². The van der Waals surface area contributed by atoms with Crippen LogP contribution in [0.5, 0.6) is 5.75 Å². The van der Waals surface area contributed by atoms with Crippen molar-refractivity contribution in [3.8, 4) is 5.75 Å². The van der Waals surface area contributed by atoms with Crippen molar-refractivity contribution in [3.63, 3.8) is 0 Å². The highest BCUT2D eigenvalue weighted by Gasteiger charge is 2.09. The van der Waals surface area contributed by atoms with Gasteiger partial charge in [0.2, 0.25) is 11.8 Å². The molecule has 0 saturated heterocycles. The molecule has 0 aliphatic heterocycles. The Bertz CT molecular complexity index is 1300. The molecule has 0 bridgehead atoms. The lowest BCUT2D eigenvalue weighted by Gasteiger charge is -2.12. The minimum Gasteiger partial charge on any atom is -0.488 e. The summed E-state index contributed by atoms with van der Waals surface area (Å²) < 4.78 is 6.07. The number of benzene rings is 4. The fourth-order valence-corrected chi connectivity index (χ4v) is 3.61. The molecular weight excluding hydrogens is 438 g/mol. The average molecular weight is 466 g/mol. The van der Waals surface area contributed by atoms with Gasteiger partial charge in [0.15, 0.2) is 0 Å². The quantitative estimate of drug-likeness (QED) is 0.256. The van der Waals surface area contributed by atoms with Crippen LogP contribution in [0, 0.1) is 0 Å². The molecular formula is C29H27N3O3. The number of hydrazone groups is 1. The number of fused-ring (bicyclic) bond motifs is 1. The van der Waals surface area contributed by atoms with Crippen molar-refractivity contribution < 1.29 is 14.3 Å². The van der Waals surface area contributed by atoms with E-state index >= 15 is 0 Å². The van der Waals surface area contributed by atoms with Gasteiger partial charge < -0.3 is 10.1 Å². The molecule has 4 rings (SSSR count). The summed E-state index contributed by atoms with van der Waals surface area (Å²) in [4.78, 5) is 24.3. The second-order valence-corrected chi connectivity index (χ2v) is 8.03. The van der Waals surface area contributed by atoms with Gasteiger partial charge in [-0.3, -0.25) is 9.59 Å². The van der Waals surface area contributed by atoms with Crippen LogP contribution in [0.3, 0.4) is 0 Å². The number of carbonyl (C=O) groups excluding carboxylic acids is 2. The van der Waals surface area contributed by atoms with Crippen molar-refractivity contribution >= 4 is 28.8 Å². The molecule has 0 unspecified atom stereocenters. The topological polar surface area (TPSA) is 79.8 Å². The molecule has 0 fully saturated rings. The van der Waals surface area contributed by atoms with Crippen molar-refractivity contribution in [2.45, 2.75) is 26.0 Å². The Morgan fingerprint density at radius 2 is 1.40 bits per heavy atom. The second kappa shape index (κ2) is 12.1. The monoisotopic (exact) mass is 465 g/mol. The van der Waals surface area contributed by atoms with Gasteiger partial charge in [0.25, 0.3) is 0 Å². The minimum atomic E-state index is -0.330. The lowest BCUT2D eigenvalue weighted by molar-refractivity contribution is -0.126. The SMILES string of the molecule is O=C(CCC(=O)N/N=C/c1c(OCc2ccccc2)ccc2ccccc12)NCc1ccccc1. The zero-order valence-corrected chi connectivity index (χ0v) is 19.3. The summed E-state index contributed by atoms with van der Waals surface area (Å²) >= 11 is 0. The lowest BCUT2D eigenvalue weighted by Crippen LogP contribution is -2.25.